The van der Waals surface area contributed by atoms with E-state index < -0.39 is 0 Å². The number of aromatic nitrogens is 3. The van der Waals surface area contributed by atoms with E-state index in [1.165, 1.54) is 19.4 Å². The highest BCUT2D eigenvalue weighted by Gasteiger charge is 2.07. The van der Waals surface area contributed by atoms with Crippen LogP contribution in [0.4, 0.5) is 0 Å². The maximum Gasteiger partial charge on any atom is 0.213 e. The highest BCUT2D eigenvalue weighted by Crippen LogP contribution is 2.20. The first-order valence-corrected chi connectivity index (χ1v) is 4.93. The number of rotatable bonds is 5. The van der Waals surface area contributed by atoms with Crippen molar-refractivity contribution in [2.24, 2.45) is 0 Å². The van der Waals surface area contributed by atoms with Crippen LogP contribution in [0.15, 0.2) is 24.7 Å². The van der Waals surface area contributed by atoms with Crippen molar-refractivity contribution in [3.8, 4) is 11.6 Å². The molecule has 2 rings (SSSR count). The van der Waals surface area contributed by atoms with Crippen molar-refractivity contribution in [2.45, 2.75) is 6.61 Å². The molecule has 2 aromatic heterocycles. The summed E-state index contributed by atoms with van der Waals surface area (Å²) in [6.07, 6.45) is 5.48. The van der Waals surface area contributed by atoms with Crippen LogP contribution in [0.1, 0.15) is 16.2 Å². The molecule has 0 amide bonds. The van der Waals surface area contributed by atoms with E-state index in [9.17, 15) is 4.79 Å². The molecular formula is C11H11N3O3. The van der Waals surface area contributed by atoms with Gasteiger partial charge in [0.2, 0.25) is 5.88 Å². The molecule has 0 saturated carbocycles. The minimum absolute atomic E-state index is 0.252. The summed E-state index contributed by atoms with van der Waals surface area (Å²) < 4.78 is 10.3. The third-order valence-electron chi connectivity index (χ3n) is 2.13. The summed E-state index contributed by atoms with van der Waals surface area (Å²) in [5.74, 6) is 1.45. The van der Waals surface area contributed by atoms with Gasteiger partial charge in [-0.15, -0.1) is 0 Å². The Bertz CT molecular complexity index is 497. The molecule has 0 fully saturated rings. The average molecular weight is 233 g/mol. The zero-order valence-electron chi connectivity index (χ0n) is 9.21. The van der Waals surface area contributed by atoms with Crippen LogP contribution in [-0.2, 0) is 6.61 Å². The number of aromatic amines is 1. The molecule has 0 spiro atoms. The van der Waals surface area contributed by atoms with Gasteiger partial charge in [0, 0.05) is 18.5 Å². The van der Waals surface area contributed by atoms with E-state index in [1.54, 1.807) is 12.4 Å². The number of hydrogen-bond acceptors (Lipinski definition) is 5. The van der Waals surface area contributed by atoms with E-state index in [0.717, 1.165) is 0 Å². The fourth-order valence-corrected chi connectivity index (χ4v) is 1.29. The molecule has 0 unspecified atom stereocenters. The zero-order chi connectivity index (χ0) is 12.1. The van der Waals surface area contributed by atoms with Gasteiger partial charge in [0.05, 0.1) is 18.9 Å². The number of H-pyrrole nitrogens is 1. The second-order valence-electron chi connectivity index (χ2n) is 3.21. The van der Waals surface area contributed by atoms with Gasteiger partial charge >= 0.3 is 0 Å². The van der Waals surface area contributed by atoms with E-state index in [1.807, 2.05) is 0 Å². The topological polar surface area (TPSA) is 77.1 Å². The Hall–Kier alpha value is -2.37. The van der Waals surface area contributed by atoms with Crippen molar-refractivity contribution < 1.29 is 14.3 Å². The van der Waals surface area contributed by atoms with Crippen LogP contribution in [0.3, 0.4) is 0 Å². The van der Waals surface area contributed by atoms with E-state index in [-0.39, 0.29) is 6.61 Å². The smallest absolute Gasteiger partial charge is 0.213 e. The Kier molecular flexibility index (Phi) is 3.34. The molecule has 0 saturated heterocycles. The summed E-state index contributed by atoms with van der Waals surface area (Å²) in [7, 11) is 1.49. The van der Waals surface area contributed by atoms with Crippen LogP contribution in [0.5, 0.6) is 11.6 Å². The molecule has 0 aliphatic heterocycles. The molecule has 2 aromatic rings. The molecule has 0 aromatic carbocycles. The van der Waals surface area contributed by atoms with Crippen LogP contribution in [0.2, 0.25) is 0 Å². The molecule has 1 N–H and O–H groups in total. The number of hydrogen-bond donors (Lipinski definition) is 1. The second-order valence-corrected chi connectivity index (χ2v) is 3.21. The van der Waals surface area contributed by atoms with Crippen LogP contribution in [0.25, 0.3) is 0 Å². The lowest BCUT2D eigenvalue weighted by Crippen LogP contribution is -2.01. The van der Waals surface area contributed by atoms with Gasteiger partial charge in [0.1, 0.15) is 18.2 Å². The zero-order valence-corrected chi connectivity index (χ0v) is 9.21. The fraction of sp³-hybridized carbons (Fsp3) is 0.182. The number of ether oxygens (including phenoxy) is 2. The number of carbonyl (C=O) groups is 1. The van der Waals surface area contributed by atoms with E-state index in [4.69, 9.17) is 9.47 Å². The van der Waals surface area contributed by atoms with Gasteiger partial charge < -0.3 is 14.5 Å². The third kappa shape index (κ3) is 2.60. The Labute approximate surface area is 97.6 Å². The number of imidazole rings is 1. The maximum atomic E-state index is 10.9. The van der Waals surface area contributed by atoms with E-state index >= 15 is 0 Å². The number of aldehydes is 1. The first-order chi connectivity index (χ1) is 8.33. The fourth-order valence-electron chi connectivity index (χ4n) is 1.29. The predicted molar refractivity (Wildman–Crippen MR) is 59.1 cm³/mol. The summed E-state index contributed by atoms with van der Waals surface area (Å²) in [5.41, 5.74) is 0.392. The summed E-state index contributed by atoms with van der Waals surface area (Å²) in [4.78, 5) is 21.7. The highest BCUT2D eigenvalue weighted by atomic mass is 16.5. The quantitative estimate of drug-likeness (QED) is 0.785. The van der Waals surface area contributed by atoms with Crippen molar-refractivity contribution in [1.82, 2.24) is 15.0 Å². The van der Waals surface area contributed by atoms with Crippen molar-refractivity contribution >= 4 is 6.29 Å². The number of carbonyl (C=O) groups excluding carboxylic acids is 1. The minimum atomic E-state index is 0.252. The average Bonchev–Trinajstić information content (AvgIpc) is 2.89. The minimum Gasteiger partial charge on any atom is -0.483 e. The Morgan fingerprint density at radius 2 is 2.35 bits per heavy atom. The molecule has 0 atom stereocenters. The molecular weight excluding hydrogens is 222 g/mol. The Morgan fingerprint density at radius 1 is 1.47 bits per heavy atom. The first-order valence-electron chi connectivity index (χ1n) is 4.93. The molecule has 0 aliphatic rings. The normalized spacial score (nSPS) is 9.94. The van der Waals surface area contributed by atoms with Crippen molar-refractivity contribution in [1.29, 1.82) is 0 Å². The molecule has 6 nitrogen and oxygen atoms in total. The van der Waals surface area contributed by atoms with Crippen LogP contribution >= 0.6 is 0 Å². The summed E-state index contributed by atoms with van der Waals surface area (Å²) in [6.45, 7) is 0.252. The lowest BCUT2D eigenvalue weighted by atomic mass is 10.2. The molecule has 6 heteroatoms. The van der Waals surface area contributed by atoms with Gasteiger partial charge in [-0.3, -0.25) is 4.79 Å². The van der Waals surface area contributed by atoms with Crippen molar-refractivity contribution in [3.05, 3.63) is 36.0 Å². The summed E-state index contributed by atoms with van der Waals surface area (Å²) in [6, 6.07) is 1.52. The molecule has 88 valence electrons. The van der Waals surface area contributed by atoms with Crippen molar-refractivity contribution in [2.75, 3.05) is 7.11 Å². The molecule has 0 aliphatic carbocycles. The standard InChI is InChI=1S/C11H11N3O3/c1-16-11-4-8(6-15)9(5-14-11)17-7-10-12-2-3-13-10/h2-6H,7H2,1H3,(H,12,13). The largest absolute Gasteiger partial charge is 0.483 e. The molecule has 0 bridgehead atoms. The van der Waals surface area contributed by atoms with Gasteiger partial charge in [0.25, 0.3) is 0 Å². The predicted octanol–water partition coefficient (Wildman–Crippen LogP) is 1.20. The van der Waals surface area contributed by atoms with Gasteiger partial charge in [-0.25, -0.2) is 9.97 Å². The maximum absolute atomic E-state index is 10.9. The van der Waals surface area contributed by atoms with Crippen molar-refractivity contribution in [3.63, 3.8) is 0 Å². The highest BCUT2D eigenvalue weighted by molar-refractivity contribution is 5.79. The molecule has 17 heavy (non-hydrogen) atoms. The third-order valence-corrected chi connectivity index (χ3v) is 2.13. The first kappa shape index (κ1) is 11.1. The SMILES string of the molecule is COc1cc(C=O)c(OCc2ncc[nH]2)cn1. The van der Waals surface area contributed by atoms with Crippen LogP contribution < -0.4 is 9.47 Å². The number of nitrogens with zero attached hydrogens (tertiary/aromatic N) is 2. The van der Waals surface area contributed by atoms with Gasteiger partial charge in [-0.1, -0.05) is 0 Å². The lowest BCUT2D eigenvalue weighted by molar-refractivity contribution is 0.111. The molecule has 2 heterocycles. The van der Waals surface area contributed by atoms with E-state index in [0.29, 0.717) is 29.3 Å². The Balaban J connectivity index is 2.12. The van der Waals surface area contributed by atoms with Crippen LogP contribution in [0, 0.1) is 0 Å². The van der Waals surface area contributed by atoms with Gasteiger partial charge in [0.15, 0.2) is 6.29 Å². The Morgan fingerprint density at radius 3 is 3.00 bits per heavy atom. The lowest BCUT2D eigenvalue weighted by Gasteiger charge is -2.07. The second kappa shape index (κ2) is 5.11. The van der Waals surface area contributed by atoms with Gasteiger partial charge in [-0.2, -0.15) is 0 Å². The number of nitrogens with one attached hydrogen (secondary N) is 1. The van der Waals surface area contributed by atoms with Crippen LogP contribution in [-0.4, -0.2) is 28.3 Å². The monoisotopic (exact) mass is 233 g/mol. The number of methoxy groups -OCH3 is 1. The van der Waals surface area contributed by atoms with Gasteiger partial charge in [-0.05, 0) is 0 Å². The summed E-state index contributed by atoms with van der Waals surface area (Å²) in [5, 5.41) is 0. The molecule has 0 radical (unpaired) electrons. The number of pyridine rings is 1. The summed E-state index contributed by atoms with van der Waals surface area (Å²) >= 11 is 0. The van der Waals surface area contributed by atoms with E-state index in [2.05, 4.69) is 15.0 Å².